The Bertz CT molecular complexity index is 3730. The average Bonchev–Trinajstić information content (AvgIpc) is 3.97. The average molecular weight is 963 g/mol. The van der Waals surface area contributed by atoms with Crippen LogP contribution in [0.1, 0.15) is 78.6 Å². The first-order chi connectivity index (χ1) is 37.1. The van der Waals surface area contributed by atoms with E-state index in [9.17, 15) is 0 Å². The lowest BCUT2D eigenvalue weighted by atomic mass is 9.67. The maximum absolute atomic E-state index is 2.43. The summed E-state index contributed by atoms with van der Waals surface area (Å²) < 4.78 is 0. The molecule has 0 atom stereocenters. The van der Waals surface area contributed by atoms with E-state index in [2.05, 4.69) is 305 Å². The third-order valence-corrected chi connectivity index (χ3v) is 15.1. The van der Waals surface area contributed by atoms with Gasteiger partial charge in [0.25, 0.3) is 0 Å². The molecular weight excluding hydrogens is 901 g/mol. The molecule has 0 saturated heterocycles. The summed E-state index contributed by atoms with van der Waals surface area (Å²) in [6.45, 7) is 8.25. The minimum Gasteiger partial charge on any atom is -0.0683 e. The van der Waals surface area contributed by atoms with Crippen molar-refractivity contribution in [3.63, 3.8) is 0 Å². The summed E-state index contributed by atoms with van der Waals surface area (Å²) in [5.74, 6) is 0. The van der Waals surface area contributed by atoms with E-state index in [-0.39, 0.29) is 10.8 Å². The molecule has 2 aliphatic carbocycles. The Hall–Kier alpha value is -8.84. The summed E-state index contributed by atoms with van der Waals surface area (Å²) in [6.07, 6.45) is 1.25. The number of hydrogen-bond acceptors (Lipinski definition) is 0. The smallest absolute Gasteiger partial charge is 0.0683 e. The molecule has 0 spiro atoms. The molecule has 0 fully saturated rings. The maximum atomic E-state index is 2.43. The van der Waals surface area contributed by atoms with Crippen molar-refractivity contribution in [1.29, 1.82) is 0 Å². The number of hydrogen-bond donors (Lipinski definition) is 0. The SMILES string of the molecule is CC.CCC.c1ccc(C2(c3ccccc3)c3ccccc3-c3c(-c4ccc5ccccc5c4)cccc32)cc1.c1ccc(C2(c3ccccc3)c3ccccc3-c3ccc(-c4ccc5ccccc5c4)cc32)cc1. The van der Waals surface area contributed by atoms with E-state index >= 15 is 0 Å². The van der Waals surface area contributed by atoms with Crippen LogP contribution in [-0.2, 0) is 10.8 Å². The van der Waals surface area contributed by atoms with E-state index < -0.39 is 0 Å². The highest BCUT2D eigenvalue weighted by atomic mass is 14.5. The van der Waals surface area contributed by atoms with Crippen molar-refractivity contribution in [2.75, 3.05) is 0 Å². The molecule has 0 amide bonds. The first-order valence-electron chi connectivity index (χ1n) is 26.8. The van der Waals surface area contributed by atoms with Gasteiger partial charge in [0.15, 0.2) is 0 Å². The lowest BCUT2D eigenvalue weighted by molar-refractivity contribution is 0.768. The molecule has 0 heteroatoms. The van der Waals surface area contributed by atoms with Gasteiger partial charge in [0.1, 0.15) is 0 Å². The predicted molar refractivity (Wildman–Crippen MR) is 321 cm³/mol. The molecular formula is C75H62. The lowest BCUT2D eigenvalue weighted by Crippen LogP contribution is -2.28. The van der Waals surface area contributed by atoms with E-state index in [1.165, 1.54) is 117 Å². The second-order valence-electron chi connectivity index (χ2n) is 19.4. The Kier molecular flexibility index (Phi) is 13.8. The highest BCUT2D eigenvalue weighted by Crippen LogP contribution is 2.59. The molecule has 2 aliphatic rings. The van der Waals surface area contributed by atoms with Gasteiger partial charge in [-0.3, -0.25) is 0 Å². The zero-order valence-electron chi connectivity index (χ0n) is 43.4. The summed E-state index contributed by atoms with van der Waals surface area (Å²) in [4.78, 5) is 0. The van der Waals surface area contributed by atoms with E-state index in [0.29, 0.717) is 0 Å². The van der Waals surface area contributed by atoms with Gasteiger partial charge < -0.3 is 0 Å². The van der Waals surface area contributed by atoms with Crippen molar-refractivity contribution in [2.45, 2.75) is 44.9 Å². The monoisotopic (exact) mass is 962 g/mol. The molecule has 0 N–H and O–H groups in total. The van der Waals surface area contributed by atoms with Crippen LogP contribution < -0.4 is 0 Å². The third-order valence-electron chi connectivity index (χ3n) is 15.1. The summed E-state index contributed by atoms with van der Waals surface area (Å²) in [7, 11) is 0. The van der Waals surface area contributed by atoms with Crippen molar-refractivity contribution >= 4 is 21.5 Å². The van der Waals surface area contributed by atoms with Crippen molar-refractivity contribution in [1.82, 2.24) is 0 Å². The molecule has 0 aliphatic heterocycles. The van der Waals surface area contributed by atoms with Crippen LogP contribution in [0.2, 0.25) is 0 Å². The zero-order chi connectivity index (χ0) is 51.2. The van der Waals surface area contributed by atoms with Gasteiger partial charge in [0.2, 0.25) is 0 Å². The van der Waals surface area contributed by atoms with E-state index in [4.69, 9.17) is 0 Å². The molecule has 0 radical (unpaired) electrons. The molecule has 12 aromatic carbocycles. The Morgan fingerprint density at radius 1 is 0.240 bits per heavy atom. The number of rotatable bonds is 6. The van der Waals surface area contributed by atoms with Gasteiger partial charge in [0, 0.05) is 0 Å². The molecule has 0 heterocycles. The van der Waals surface area contributed by atoms with Crippen molar-refractivity contribution in [2.24, 2.45) is 0 Å². The molecule has 0 unspecified atom stereocenters. The fourth-order valence-electron chi connectivity index (χ4n) is 12.1. The van der Waals surface area contributed by atoms with Crippen LogP contribution in [0, 0.1) is 0 Å². The van der Waals surface area contributed by atoms with Crippen LogP contribution in [0.4, 0.5) is 0 Å². The second-order valence-corrected chi connectivity index (χ2v) is 19.4. The summed E-state index contributed by atoms with van der Waals surface area (Å²) >= 11 is 0. The summed E-state index contributed by atoms with van der Waals surface area (Å²) in [5, 5.41) is 5.08. The van der Waals surface area contributed by atoms with Gasteiger partial charge >= 0.3 is 0 Å². The van der Waals surface area contributed by atoms with Crippen LogP contribution in [0.5, 0.6) is 0 Å². The first-order valence-corrected chi connectivity index (χ1v) is 26.8. The van der Waals surface area contributed by atoms with Crippen LogP contribution in [0.15, 0.2) is 291 Å². The zero-order valence-corrected chi connectivity index (χ0v) is 43.4. The predicted octanol–water partition coefficient (Wildman–Crippen LogP) is 20.2. The molecule has 0 aromatic heterocycles. The minimum absolute atomic E-state index is 0.360. The van der Waals surface area contributed by atoms with E-state index in [0.717, 1.165) is 0 Å². The molecule has 0 nitrogen and oxygen atoms in total. The minimum atomic E-state index is -0.360. The fourth-order valence-corrected chi connectivity index (χ4v) is 12.1. The van der Waals surface area contributed by atoms with Gasteiger partial charge in [-0.25, -0.2) is 0 Å². The largest absolute Gasteiger partial charge is 0.0713 e. The molecule has 14 rings (SSSR count). The topological polar surface area (TPSA) is 0 Å². The lowest BCUT2D eigenvalue weighted by Gasteiger charge is -2.34. The van der Waals surface area contributed by atoms with Gasteiger partial charge in [-0.05, 0) is 129 Å². The molecule has 75 heavy (non-hydrogen) atoms. The van der Waals surface area contributed by atoms with Crippen LogP contribution in [0.3, 0.4) is 0 Å². The Morgan fingerprint density at radius 2 is 0.573 bits per heavy atom. The number of fused-ring (bicyclic) bond motifs is 8. The van der Waals surface area contributed by atoms with Gasteiger partial charge in [-0.1, -0.05) is 307 Å². The molecule has 12 aromatic rings. The molecule has 362 valence electrons. The summed E-state index contributed by atoms with van der Waals surface area (Å²) in [6, 6.07) is 107. The van der Waals surface area contributed by atoms with Crippen molar-refractivity contribution in [3.8, 4) is 44.5 Å². The fraction of sp³-hybridized carbons (Fsp3) is 0.0933. The van der Waals surface area contributed by atoms with Gasteiger partial charge in [-0.2, -0.15) is 0 Å². The third kappa shape index (κ3) is 8.38. The molecule has 0 bridgehead atoms. The van der Waals surface area contributed by atoms with Crippen LogP contribution in [-0.4, -0.2) is 0 Å². The van der Waals surface area contributed by atoms with E-state index in [1.54, 1.807) is 0 Å². The summed E-state index contributed by atoms with van der Waals surface area (Å²) in [5.41, 5.74) is 20.2. The van der Waals surface area contributed by atoms with Crippen LogP contribution in [0.25, 0.3) is 66.1 Å². The second kappa shape index (κ2) is 21.3. The van der Waals surface area contributed by atoms with Crippen LogP contribution >= 0.6 is 0 Å². The van der Waals surface area contributed by atoms with Gasteiger partial charge in [0.05, 0.1) is 10.8 Å². The highest BCUT2D eigenvalue weighted by molar-refractivity contribution is 5.98. The normalized spacial score (nSPS) is 12.8. The van der Waals surface area contributed by atoms with E-state index in [1.807, 2.05) is 13.8 Å². The standard InChI is InChI=1S/2C35H24.C3H8.C2H6/c1-3-14-28(15-4-1)35(29-16-5-2-6-17-29)32-20-10-9-18-31(32)34-30(19-11-21-33(34)35)27-23-22-25-12-7-8-13-26(25)24-27;1-3-13-29(14-4-1)35(30-15-5-2-6-16-30)33-18-10-9-17-31(33)32-22-21-28(24-34(32)35)27-20-19-25-11-7-8-12-26(25)23-27;1-3-2;1-2/h2*1-24H;3H2,1-2H3;1-2H3. The molecule has 0 saturated carbocycles. The van der Waals surface area contributed by atoms with Gasteiger partial charge in [-0.15, -0.1) is 0 Å². The van der Waals surface area contributed by atoms with Crippen molar-refractivity contribution in [3.05, 3.63) is 336 Å². The quantitative estimate of drug-likeness (QED) is 0.156. The first kappa shape index (κ1) is 48.4. The van der Waals surface area contributed by atoms with Crippen molar-refractivity contribution < 1.29 is 0 Å². The Labute approximate surface area is 444 Å². The Balaban J connectivity index is 0.000000148. The maximum Gasteiger partial charge on any atom is 0.0713 e. The number of benzene rings is 12. The Morgan fingerprint density at radius 3 is 1.09 bits per heavy atom. The highest BCUT2D eigenvalue weighted by Gasteiger charge is 2.48.